The molecule has 2 N–H and O–H groups in total. The molecule has 0 saturated carbocycles. The molecular weight excluding hydrogens is 112 g/mol. The molecule has 0 saturated heterocycles. The van der Waals surface area contributed by atoms with Gasteiger partial charge in [0.15, 0.2) is 0 Å². The molecular formula is C2H2N4O2. The number of nitroso groups, excluding NO2 is 1. The summed E-state index contributed by atoms with van der Waals surface area (Å²) in [5.41, 5.74) is 4.43. The second-order valence-electron chi connectivity index (χ2n) is 0.832. The van der Waals surface area contributed by atoms with Gasteiger partial charge in [0.1, 0.15) is 0 Å². The SMILES string of the molecule is N#CN(N=O)C(N)=O. The lowest BCUT2D eigenvalue weighted by atomic mass is 11.0. The van der Waals surface area contributed by atoms with Crippen LogP contribution in [0.1, 0.15) is 0 Å². The largest absolute Gasteiger partial charge is 0.351 e. The van der Waals surface area contributed by atoms with Crippen molar-refractivity contribution in [2.45, 2.75) is 0 Å². The number of nitrogens with two attached hydrogens (primary N) is 1. The molecule has 8 heavy (non-hydrogen) atoms. The number of carbonyl (C=O) groups excluding carboxylic acids is 1. The highest BCUT2D eigenvalue weighted by molar-refractivity contribution is 5.73. The first-order valence-corrected chi connectivity index (χ1v) is 1.55. The molecule has 0 unspecified atom stereocenters. The van der Waals surface area contributed by atoms with Gasteiger partial charge in [-0.25, -0.2) is 4.79 Å². The van der Waals surface area contributed by atoms with Crippen LogP contribution in [-0.2, 0) is 0 Å². The van der Waals surface area contributed by atoms with Crippen molar-refractivity contribution >= 4 is 6.03 Å². The van der Waals surface area contributed by atoms with Gasteiger partial charge in [-0.3, -0.25) is 0 Å². The molecule has 2 amide bonds. The van der Waals surface area contributed by atoms with Crippen LogP contribution in [0, 0.1) is 16.4 Å². The Morgan fingerprint density at radius 1 is 1.88 bits per heavy atom. The Hall–Kier alpha value is -1.64. The molecule has 0 bridgehead atoms. The molecule has 0 aromatic carbocycles. The summed E-state index contributed by atoms with van der Waals surface area (Å²) in [5, 5.41) is 9.66. The molecule has 0 aliphatic heterocycles. The van der Waals surface area contributed by atoms with Crippen molar-refractivity contribution in [3.8, 4) is 6.19 Å². The average Bonchev–Trinajstić information content (AvgIpc) is 1.69. The molecule has 0 radical (unpaired) electrons. The fourth-order valence-corrected chi connectivity index (χ4v) is 0.108. The Morgan fingerprint density at radius 3 is 2.38 bits per heavy atom. The fraction of sp³-hybridized carbons (Fsp3) is 0. The highest BCUT2D eigenvalue weighted by atomic mass is 16.3. The summed E-state index contributed by atoms with van der Waals surface area (Å²) in [4.78, 5) is 19.1. The predicted octanol–water partition coefficient (Wildman–Crippen LogP) is -0.470. The number of nitriles is 1. The number of hydrogen-bond donors (Lipinski definition) is 1. The average molecular weight is 114 g/mol. The number of urea groups is 1. The van der Waals surface area contributed by atoms with Crippen LogP contribution in [0.4, 0.5) is 4.79 Å². The summed E-state index contributed by atoms with van der Waals surface area (Å²) >= 11 is 0. The van der Waals surface area contributed by atoms with Crippen molar-refractivity contribution in [1.29, 1.82) is 5.26 Å². The van der Waals surface area contributed by atoms with Crippen LogP contribution in [0.3, 0.4) is 0 Å². The van der Waals surface area contributed by atoms with Crippen LogP contribution >= 0.6 is 0 Å². The normalized spacial score (nSPS) is 6.88. The summed E-state index contributed by atoms with van der Waals surface area (Å²) < 4.78 is 0. The molecule has 6 nitrogen and oxygen atoms in total. The fourth-order valence-electron chi connectivity index (χ4n) is 0.108. The van der Waals surface area contributed by atoms with Crippen LogP contribution in [0.15, 0.2) is 5.29 Å². The van der Waals surface area contributed by atoms with E-state index in [2.05, 4.69) is 5.73 Å². The number of rotatable bonds is 1. The molecule has 0 aliphatic carbocycles. The molecule has 0 aliphatic rings. The molecule has 0 spiro atoms. The van der Waals surface area contributed by atoms with E-state index in [0.29, 0.717) is 0 Å². The second-order valence-corrected chi connectivity index (χ2v) is 0.832. The zero-order valence-corrected chi connectivity index (χ0v) is 3.74. The quantitative estimate of drug-likeness (QED) is 0.216. The third-order valence-electron chi connectivity index (χ3n) is 0.385. The van der Waals surface area contributed by atoms with E-state index in [0.717, 1.165) is 6.19 Å². The second kappa shape index (κ2) is 2.52. The highest BCUT2D eigenvalue weighted by Crippen LogP contribution is 1.80. The van der Waals surface area contributed by atoms with Gasteiger partial charge >= 0.3 is 6.03 Å². The predicted molar refractivity (Wildman–Crippen MR) is 22.8 cm³/mol. The number of amides is 2. The third kappa shape index (κ3) is 1.22. The first kappa shape index (κ1) is 6.36. The van der Waals surface area contributed by atoms with Crippen molar-refractivity contribution < 1.29 is 4.79 Å². The van der Waals surface area contributed by atoms with E-state index < -0.39 is 6.03 Å². The maximum absolute atomic E-state index is 9.79. The van der Waals surface area contributed by atoms with Crippen LogP contribution < -0.4 is 5.73 Å². The molecule has 0 rings (SSSR count). The number of carbonyl (C=O) groups is 1. The first-order valence-electron chi connectivity index (χ1n) is 1.55. The van der Waals surface area contributed by atoms with Crippen molar-refractivity contribution in [3.63, 3.8) is 0 Å². The Labute approximate surface area is 44.4 Å². The van der Waals surface area contributed by atoms with Crippen LogP contribution in [0.25, 0.3) is 0 Å². The Balaban J connectivity index is 3.95. The summed E-state index contributed by atoms with van der Waals surface area (Å²) in [6, 6.07) is -1.18. The van der Waals surface area contributed by atoms with Gasteiger partial charge in [-0.2, -0.15) is 5.26 Å². The van der Waals surface area contributed by atoms with Gasteiger partial charge in [0.05, 0.1) is 5.29 Å². The van der Waals surface area contributed by atoms with E-state index in [-0.39, 0.29) is 5.01 Å². The zero-order chi connectivity index (χ0) is 6.57. The molecule has 0 fully saturated rings. The molecule has 42 valence electrons. The minimum Gasteiger partial charge on any atom is -0.349 e. The van der Waals surface area contributed by atoms with Gasteiger partial charge in [-0.05, 0) is 0 Å². The van der Waals surface area contributed by atoms with Gasteiger partial charge in [0.25, 0.3) is 0 Å². The molecule has 0 heterocycles. The van der Waals surface area contributed by atoms with E-state index >= 15 is 0 Å². The van der Waals surface area contributed by atoms with Gasteiger partial charge in [-0.15, -0.1) is 4.91 Å². The van der Waals surface area contributed by atoms with E-state index in [9.17, 15) is 9.70 Å². The first-order chi connectivity index (χ1) is 3.72. The number of primary amides is 1. The molecule has 0 aromatic heterocycles. The molecule has 0 atom stereocenters. The van der Waals surface area contributed by atoms with E-state index in [1.54, 1.807) is 0 Å². The summed E-state index contributed by atoms with van der Waals surface area (Å²) in [6.07, 6.45) is 1.13. The van der Waals surface area contributed by atoms with Crippen LogP contribution in [0.2, 0.25) is 0 Å². The monoisotopic (exact) mass is 114 g/mol. The minimum atomic E-state index is -1.18. The number of hydrogen-bond acceptors (Lipinski definition) is 4. The van der Waals surface area contributed by atoms with Crippen LogP contribution in [0.5, 0.6) is 0 Å². The minimum absolute atomic E-state index is 0.0694. The van der Waals surface area contributed by atoms with Gasteiger partial charge in [-0.1, -0.05) is 5.01 Å². The van der Waals surface area contributed by atoms with Crippen molar-refractivity contribution in [3.05, 3.63) is 4.91 Å². The van der Waals surface area contributed by atoms with E-state index in [1.807, 2.05) is 5.29 Å². The van der Waals surface area contributed by atoms with Crippen molar-refractivity contribution in [1.82, 2.24) is 5.01 Å². The molecule has 6 heteroatoms. The number of nitrogens with zero attached hydrogens (tertiary/aromatic N) is 3. The summed E-state index contributed by atoms with van der Waals surface area (Å²) in [6.45, 7) is 0. The lowest BCUT2D eigenvalue weighted by molar-refractivity contribution is 0.227. The topological polar surface area (TPSA) is 99.6 Å². The lowest BCUT2D eigenvalue weighted by Gasteiger charge is -1.92. The van der Waals surface area contributed by atoms with Gasteiger partial charge in [0, 0.05) is 0 Å². The van der Waals surface area contributed by atoms with Gasteiger partial charge in [0.2, 0.25) is 6.19 Å². The summed E-state index contributed by atoms with van der Waals surface area (Å²) in [7, 11) is 0. The highest BCUT2D eigenvalue weighted by Gasteiger charge is 2.05. The van der Waals surface area contributed by atoms with E-state index in [4.69, 9.17) is 5.26 Å². The smallest absolute Gasteiger partial charge is 0.349 e. The van der Waals surface area contributed by atoms with Crippen LogP contribution in [-0.4, -0.2) is 11.0 Å². The third-order valence-corrected chi connectivity index (χ3v) is 0.385. The van der Waals surface area contributed by atoms with Gasteiger partial charge < -0.3 is 5.73 Å². The summed E-state index contributed by atoms with van der Waals surface area (Å²) in [5.74, 6) is 0. The zero-order valence-electron chi connectivity index (χ0n) is 3.74. The maximum atomic E-state index is 9.79. The van der Waals surface area contributed by atoms with E-state index in [1.165, 1.54) is 0 Å². The Bertz CT molecular complexity index is 147. The maximum Gasteiger partial charge on any atom is 0.351 e. The van der Waals surface area contributed by atoms with Crippen molar-refractivity contribution in [2.75, 3.05) is 0 Å². The lowest BCUT2D eigenvalue weighted by Crippen LogP contribution is -2.26. The standard InChI is InChI=1S/C2H2N4O2/c3-1-6(5-8)2(4)7/h(H2,4,7). The molecule has 0 aromatic rings. The Kier molecular flexibility index (Phi) is 2.00. The van der Waals surface area contributed by atoms with Crippen molar-refractivity contribution in [2.24, 2.45) is 11.0 Å². The Morgan fingerprint density at radius 2 is 2.38 bits per heavy atom.